The quantitative estimate of drug-likeness (QED) is 0.509. The molecule has 26 heavy (non-hydrogen) atoms. The lowest BCUT2D eigenvalue weighted by Gasteiger charge is -2.26. The molecule has 1 aliphatic heterocycles. The fourth-order valence-electron chi connectivity index (χ4n) is 2.32. The van der Waals surface area contributed by atoms with Gasteiger partial charge in [-0.05, 0) is 18.6 Å². The highest BCUT2D eigenvalue weighted by Crippen LogP contribution is 2.31. The number of carbonyl (C=O) groups excluding carboxylic acids is 1. The standard InChI is InChI=1S/C15H21N3O7S/c1-2-5-16-15(19)11-25-14-4-3-12(10-13(14)18(20)21)26(22,23)17-6-8-24-9-7-17/h3-4,10H,2,5-9,11H2,1H3,(H,16,19). The number of carbonyl (C=O) groups is 1. The van der Waals surface area contributed by atoms with Crippen LogP contribution in [-0.2, 0) is 19.6 Å². The highest BCUT2D eigenvalue weighted by molar-refractivity contribution is 7.89. The summed E-state index contributed by atoms with van der Waals surface area (Å²) in [6.45, 7) is 2.89. The number of benzene rings is 1. The molecule has 1 saturated heterocycles. The third-order valence-corrected chi connectivity index (χ3v) is 5.56. The summed E-state index contributed by atoms with van der Waals surface area (Å²) in [6, 6.07) is 3.37. The number of amides is 1. The molecule has 0 bridgehead atoms. The molecule has 0 unspecified atom stereocenters. The van der Waals surface area contributed by atoms with Crippen LogP contribution in [0.15, 0.2) is 23.1 Å². The highest BCUT2D eigenvalue weighted by atomic mass is 32.2. The van der Waals surface area contributed by atoms with Crippen LogP contribution in [0, 0.1) is 10.1 Å². The lowest BCUT2D eigenvalue weighted by Crippen LogP contribution is -2.40. The van der Waals surface area contributed by atoms with E-state index in [0.717, 1.165) is 12.5 Å². The Morgan fingerprint density at radius 3 is 2.69 bits per heavy atom. The fraction of sp³-hybridized carbons (Fsp3) is 0.533. The lowest BCUT2D eigenvalue weighted by molar-refractivity contribution is -0.386. The van der Waals surface area contributed by atoms with Crippen LogP contribution in [0.25, 0.3) is 0 Å². The van der Waals surface area contributed by atoms with Crippen LogP contribution >= 0.6 is 0 Å². The number of nitrogens with one attached hydrogen (secondary N) is 1. The van der Waals surface area contributed by atoms with Gasteiger partial charge in [-0.1, -0.05) is 6.92 Å². The van der Waals surface area contributed by atoms with Gasteiger partial charge in [0.15, 0.2) is 12.4 Å². The zero-order valence-electron chi connectivity index (χ0n) is 14.3. The summed E-state index contributed by atoms with van der Waals surface area (Å²) in [7, 11) is -3.86. The van der Waals surface area contributed by atoms with Crippen molar-refractivity contribution in [2.24, 2.45) is 0 Å². The van der Waals surface area contributed by atoms with Gasteiger partial charge in [0.25, 0.3) is 5.91 Å². The molecule has 0 saturated carbocycles. The predicted octanol–water partition coefficient (Wildman–Crippen LogP) is 0.521. The maximum atomic E-state index is 12.6. The molecule has 1 aromatic carbocycles. The molecular formula is C15H21N3O7S. The van der Waals surface area contributed by atoms with E-state index < -0.39 is 33.1 Å². The minimum atomic E-state index is -3.86. The second-order valence-electron chi connectivity index (χ2n) is 5.54. The van der Waals surface area contributed by atoms with Gasteiger partial charge in [-0.3, -0.25) is 14.9 Å². The van der Waals surface area contributed by atoms with Crippen LogP contribution in [0.3, 0.4) is 0 Å². The molecular weight excluding hydrogens is 366 g/mol. The first-order valence-electron chi connectivity index (χ1n) is 8.12. The smallest absolute Gasteiger partial charge is 0.312 e. The van der Waals surface area contributed by atoms with Crippen molar-refractivity contribution in [1.82, 2.24) is 9.62 Å². The van der Waals surface area contributed by atoms with Crippen molar-refractivity contribution in [2.75, 3.05) is 39.5 Å². The Bertz CT molecular complexity index is 761. The molecule has 1 aliphatic rings. The van der Waals surface area contributed by atoms with Crippen molar-refractivity contribution in [2.45, 2.75) is 18.2 Å². The van der Waals surface area contributed by atoms with Crippen molar-refractivity contribution < 1.29 is 27.6 Å². The number of rotatable bonds is 8. The molecule has 1 N–H and O–H groups in total. The van der Waals surface area contributed by atoms with Crippen LogP contribution in [-0.4, -0.2) is 63.0 Å². The van der Waals surface area contributed by atoms with E-state index in [1.807, 2.05) is 6.92 Å². The fourth-order valence-corrected chi connectivity index (χ4v) is 3.75. The molecule has 1 aromatic rings. The molecule has 10 nitrogen and oxygen atoms in total. The van der Waals surface area contributed by atoms with Gasteiger partial charge in [-0.15, -0.1) is 0 Å². The number of hydrogen-bond donors (Lipinski definition) is 1. The Labute approximate surface area is 151 Å². The zero-order valence-corrected chi connectivity index (χ0v) is 15.2. The van der Waals surface area contributed by atoms with Gasteiger partial charge in [0.2, 0.25) is 10.0 Å². The summed E-state index contributed by atoms with van der Waals surface area (Å²) < 4.78 is 36.7. The van der Waals surface area contributed by atoms with Crippen LogP contribution < -0.4 is 10.1 Å². The topological polar surface area (TPSA) is 128 Å². The molecule has 0 atom stereocenters. The van der Waals surface area contributed by atoms with Crippen molar-refractivity contribution >= 4 is 21.6 Å². The minimum absolute atomic E-state index is 0.164. The molecule has 1 amide bonds. The van der Waals surface area contributed by atoms with E-state index in [1.165, 1.54) is 16.4 Å². The third kappa shape index (κ3) is 4.90. The Balaban J connectivity index is 2.20. The summed E-state index contributed by atoms with van der Waals surface area (Å²) in [6.07, 6.45) is 0.750. The monoisotopic (exact) mass is 387 g/mol. The first kappa shape index (κ1) is 20.1. The van der Waals surface area contributed by atoms with Crippen LogP contribution in [0.5, 0.6) is 5.75 Å². The number of nitro groups is 1. The summed E-state index contributed by atoms with van der Waals surface area (Å²) in [4.78, 5) is 21.9. The SMILES string of the molecule is CCCNC(=O)COc1ccc(S(=O)(=O)N2CCOCC2)cc1[N+](=O)[O-]. The molecule has 2 rings (SSSR count). The van der Waals surface area contributed by atoms with Crippen LogP contribution in [0.4, 0.5) is 5.69 Å². The molecule has 1 fully saturated rings. The van der Waals surface area contributed by atoms with E-state index in [9.17, 15) is 23.3 Å². The number of sulfonamides is 1. The zero-order chi connectivity index (χ0) is 19.2. The lowest BCUT2D eigenvalue weighted by atomic mass is 10.3. The Morgan fingerprint density at radius 1 is 1.38 bits per heavy atom. The molecule has 0 aromatic heterocycles. The molecule has 144 valence electrons. The number of nitro benzene ring substituents is 1. The van der Waals surface area contributed by atoms with E-state index in [4.69, 9.17) is 9.47 Å². The van der Waals surface area contributed by atoms with Gasteiger partial charge in [-0.2, -0.15) is 4.31 Å². The maximum Gasteiger partial charge on any atom is 0.312 e. The van der Waals surface area contributed by atoms with Gasteiger partial charge < -0.3 is 14.8 Å². The van der Waals surface area contributed by atoms with Crippen LogP contribution in [0.2, 0.25) is 0 Å². The first-order chi connectivity index (χ1) is 12.4. The van der Waals surface area contributed by atoms with E-state index in [-0.39, 0.29) is 36.9 Å². The van der Waals surface area contributed by atoms with Gasteiger partial charge in [0, 0.05) is 25.7 Å². The summed E-state index contributed by atoms with van der Waals surface area (Å²) in [5.74, 6) is -0.575. The number of morpholine rings is 1. The van der Waals surface area contributed by atoms with Gasteiger partial charge in [-0.25, -0.2) is 8.42 Å². The van der Waals surface area contributed by atoms with Gasteiger partial charge in [0.05, 0.1) is 23.0 Å². The van der Waals surface area contributed by atoms with Crippen molar-refractivity contribution in [3.05, 3.63) is 28.3 Å². The molecule has 0 radical (unpaired) electrons. The van der Waals surface area contributed by atoms with Gasteiger partial charge in [0.1, 0.15) is 0 Å². The predicted molar refractivity (Wildman–Crippen MR) is 91.5 cm³/mol. The maximum absolute atomic E-state index is 12.6. The normalized spacial score (nSPS) is 15.4. The Morgan fingerprint density at radius 2 is 2.08 bits per heavy atom. The molecule has 0 spiro atoms. The van der Waals surface area contributed by atoms with Gasteiger partial charge >= 0.3 is 5.69 Å². The largest absolute Gasteiger partial charge is 0.477 e. The number of ether oxygens (including phenoxy) is 2. The first-order valence-corrected chi connectivity index (χ1v) is 9.56. The summed E-state index contributed by atoms with van der Waals surface area (Å²) in [5, 5.41) is 13.9. The molecule has 11 heteroatoms. The second kappa shape index (κ2) is 8.92. The third-order valence-electron chi connectivity index (χ3n) is 3.67. The van der Waals surface area contributed by atoms with Crippen LogP contribution in [0.1, 0.15) is 13.3 Å². The van der Waals surface area contributed by atoms with Crippen molar-refractivity contribution in [1.29, 1.82) is 0 Å². The van der Waals surface area contributed by atoms with E-state index >= 15 is 0 Å². The Kier molecular flexibility index (Phi) is 6.89. The van der Waals surface area contributed by atoms with E-state index in [2.05, 4.69) is 5.32 Å². The average Bonchev–Trinajstić information content (AvgIpc) is 2.65. The van der Waals surface area contributed by atoms with Crippen molar-refractivity contribution in [3.63, 3.8) is 0 Å². The Hall–Kier alpha value is -2.24. The van der Waals surface area contributed by atoms with Crippen molar-refractivity contribution in [3.8, 4) is 5.75 Å². The number of nitrogens with zero attached hydrogens (tertiary/aromatic N) is 2. The summed E-state index contributed by atoms with van der Waals surface area (Å²) >= 11 is 0. The molecule has 0 aliphatic carbocycles. The second-order valence-corrected chi connectivity index (χ2v) is 7.48. The number of hydrogen-bond acceptors (Lipinski definition) is 7. The van der Waals surface area contributed by atoms with E-state index in [0.29, 0.717) is 6.54 Å². The summed E-state index contributed by atoms with van der Waals surface area (Å²) in [5.41, 5.74) is -0.511. The average molecular weight is 387 g/mol. The molecule has 1 heterocycles. The minimum Gasteiger partial charge on any atom is -0.477 e. The van der Waals surface area contributed by atoms with E-state index in [1.54, 1.807) is 0 Å². The highest BCUT2D eigenvalue weighted by Gasteiger charge is 2.29.